The van der Waals surface area contributed by atoms with Gasteiger partial charge in [-0.25, -0.2) is 4.68 Å². The van der Waals surface area contributed by atoms with E-state index in [-0.39, 0.29) is 30.1 Å². The second-order valence-electron chi connectivity index (χ2n) is 4.55. The molecule has 7 heteroatoms. The number of amides is 2. The Bertz CT molecular complexity index is 720. The van der Waals surface area contributed by atoms with Gasteiger partial charge in [-0.1, -0.05) is 18.2 Å². The molecule has 0 saturated heterocycles. The number of hydrogen-bond acceptors (Lipinski definition) is 5. The summed E-state index contributed by atoms with van der Waals surface area (Å²) in [4.78, 5) is 23.0. The van der Waals surface area contributed by atoms with Gasteiger partial charge in [0.25, 0.3) is 5.91 Å². The first kappa shape index (κ1) is 12.2. The standard InChI is InChI=1S/C13H12N4O3/c14-12-11-8(5-10(19)15-13(11)20)16-17(12)6-7-3-1-2-4-9(7)18/h1-4,18H,5-6,14H2,(H,15,19,20). The number of para-hydroxylation sites is 1. The van der Waals surface area contributed by atoms with Crippen molar-refractivity contribution < 1.29 is 14.7 Å². The number of aromatic hydroxyl groups is 1. The number of phenols is 1. The van der Waals surface area contributed by atoms with E-state index in [2.05, 4.69) is 10.4 Å². The van der Waals surface area contributed by atoms with Crippen molar-refractivity contribution in [2.24, 2.45) is 0 Å². The van der Waals surface area contributed by atoms with Crippen LogP contribution in [0.5, 0.6) is 5.75 Å². The number of nitrogens with one attached hydrogen (secondary N) is 1. The van der Waals surface area contributed by atoms with Crippen molar-refractivity contribution in [1.29, 1.82) is 0 Å². The number of fused-ring (bicyclic) bond motifs is 1. The van der Waals surface area contributed by atoms with E-state index in [1.807, 2.05) is 0 Å². The van der Waals surface area contributed by atoms with Gasteiger partial charge in [0, 0.05) is 5.56 Å². The number of aromatic nitrogens is 2. The van der Waals surface area contributed by atoms with E-state index in [1.54, 1.807) is 24.3 Å². The van der Waals surface area contributed by atoms with Gasteiger partial charge in [0.1, 0.15) is 17.1 Å². The van der Waals surface area contributed by atoms with Crippen LogP contribution in [-0.4, -0.2) is 26.7 Å². The number of phenolic OH excluding ortho intramolecular Hbond substituents is 1. The number of nitrogens with two attached hydrogens (primary N) is 1. The van der Waals surface area contributed by atoms with E-state index >= 15 is 0 Å². The summed E-state index contributed by atoms with van der Waals surface area (Å²) in [5.74, 6) is -0.610. The summed E-state index contributed by atoms with van der Waals surface area (Å²) in [6, 6.07) is 6.79. The highest BCUT2D eigenvalue weighted by Crippen LogP contribution is 2.23. The Hall–Kier alpha value is -2.83. The van der Waals surface area contributed by atoms with Gasteiger partial charge in [0.05, 0.1) is 18.7 Å². The van der Waals surface area contributed by atoms with Crippen molar-refractivity contribution in [3.05, 3.63) is 41.1 Å². The summed E-state index contributed by atoms with van der Waals surface area (Å²) in [5, 5.41) is 16.1. The number of hydrogen-bond donors (Lipinski definition) is 3. The summed E-state index contributed by atoms with van der Waals surface area (Å²) < 4.78 is 1.41. The molecule has 1 aromatic carbocycles. The van der Waals surface area contributed by atoms with Gasteiger partial charge in [0.15, 0.2) is 0 Å². The molecule has 0 atom stereocenters. The molecular formula is C13H12N4O3. The molecule has 2 aromatic rings. The summed E-state index contributed by atoms with van der Waals surface area (Å²) in [5.41, 5.74) is 7.14. The number of benzene rings is 1. The first-order chi connectivity index (χ1) is 9.56. The number of anilines is 1. The van der Waals surface area contributed by atoms with Crippen molar-refractivity contribution in [3.8, 4) is 5.75 Å². The van der Waals surface area contributed by atoms with Crippen LogP contribution in [0.15, 0.2) is 24.3 Å². The van der Waals surface area contributed by atoms with Crippen LogP contribution in [0.25, 0.3) is 0 Å². The van der Waals surface area contributed by atoms with Crippen LogP contribution >= 0.6 is 0 Å². The number of carbonyl (C=O) groups is 2. The Morgan fingerprint density at radius 3 is 2.85 bits per heavy atom. The Balaban J connectivity index is 2.00. The maximum atomic E-state index is 11.7. The summed E-state index contributed by atoms with van der Waals surface area (Å²) in [7, 11) is 0. The number of nitrogen functional groups attached to an aromatic ring is 1. The lowest BCUT2D eigenvalue weighted by atomic mass is 10.1. The predicted octanol–water partition coefficient (Wildman–Crippen LogP) is 0.0317. The first-order valence-electron chi connectivity index (χ1n) is 6.02. The molecule has 1 aromatic heterocycles. The molecule has 0 unspecified atom stereocenters. The van der Waals surface area contributed by atoms with Crippen molar-refractivity contribution in [2.75, 3.05) is 5.73 Å². The van der Waals surface area contributed by atoms with E-state index < -0.39 is 11.8 Å². The minimum Gasteiger partial charge on any atom is -0.508 e. The third kappa shape index (κ3) is 1.89. The predicted molar refractivity (Wildman–Crippen MR) is 70.0 cm³/mol. The second kappa shape index (κ2) is 4.37. The molecule has 1 aliphatic heterocycles. The van der Waals surface area contributed by atoms with Crippen LogP contribution in [0.2, 0.25) is 0 Å². The molecule has 0 aliphatic carbocycles. The van der Waals surface area contributed by atoms with Crippen molar-refractivity contribution in [3.63, 3.8) is 0 Å². The largest absolute Gasteiger partial charge is 0.508 e. The van der Waals surface area contributed by atoms with Crippen molar-refractivity contribution >= 4 is 17.6 Å². The van der Waals surface area contributed by atoms with Crippen LogP contribution in [-0.2, 0) is 17.8 Å². The van der Waals surface area contributed by atoms with Crippen LogP contribution in [0, 0.1) is 0 Å². The molecule has 0 bridgehead atoms. The smallest absolute Gasteiger partial charge is 0.263 e. The maximum absolute atomic E-state index is 11.7. The van der Waals surface area contributed by atoms with E-state index in [9.17, 15) is 14.7 Å². The summed E-state index contributed by atoms with van der Waals surface area (Å²) in [6.45, 7) is 0.229. The fourth-order valence-electron chi connectivity index (χ4n) is 2.21. The topological polar surface area (TPSA) is 110 Å². The highest BCUT2D eigenvalue weighted by molar-refractivity contribution is 6.11. The number of nitrogens with zero attached hydrogens (tertiary/aromatic N) is 2. The van der Waals surface area contributed by atoms with Gasteiger partial charge in [-0.05, 0) is 6.07 Å². The normalized spacial score (nSPS) is 14.0. The lowest BCUT2D eigenvalue weighted by Crippen LogP contribution is -2.37. The Labute approximate surface area is 114 Å². The quantitative estimate of drug-likeness (QED) is 0.668. The van der Waals surface area contributed by atoms with Gasteiger partial charge in [0.2, 0.25) is 5.91 Å². The van der Waals surface area contributed by atoms with E-state index in [0.29, 0.717) is 11.3 Å². The zero-order valence-electron chi connectivity index (χ0n) is 10.5. The zero-order chi connectivity index (χ0) is 14.3. The van der Waals surface area contributed by atoms with Crippen LogP contribution in [0.4, 0.5) is 5.82 Å². The van der Waals surface area contributed by atoms with Crippen molar-refractivity contribution in [2.45, 2.75) is 13.0 Å². The number of imide groups is 1. The molecule has 2 heterocycles. The number of rotatable bonds is 2. The molecule has 4 N–H and O–H groups in total. The number of carbonyl (C=O) groups excluding carboxylic acids is 2. The van der Waals surface area contributed by atoms with E-state index in [0.717, 1.165) is 0 Å². The molecule has 0 fully saturated rings. The van der Waals surface area contributed by atoms with Crippen LogP contribution < -0.4 is 11.1 Å². The highest BCUT2D eigenvalue weighted by atomic mass is 16.3. The summed E-state index contributed by atoms with van der Waals surface area (Å²) in [6.07, 6.45) is 0.0268. The molecule has 0 radical (unpaired) electrons. The minimum atomic E-state index is -0.530. The van der Waals surface area contributed by atoms with Crippen LogP contribution in [0.1, 0.15) is 21.6 Å². The summed E-state index contributed by atoms with van der Waals surface area (Å²) >= 11 is 0. The Morgan fingerprint density at radius 1 is 1.35 bits per heavy atom. The lowest BCUT2D eigenvalue weighted by Gasteiger charge is -2.09. The Kier molecular flexibility index (Phi) is 2.67. The third-order valence-corrected chi connectivity index (χ3v) is 3.18. The SMILES string of the molecule is Nc1c2c(nn1Cc1ccccc1O)CC(=O)NC2=O. The maximum Gasteiger partial charge on any atom is 0.263 e. The first-order valence-corrected chi connectivity index (χ1v) is 6.02. The average Bonchev–Trinajstić information content (AvgIpc) is 2.69. The van der Waals surface area contributed by atoms with Gasteiger partial charge >= 0.3 is 0 Å². The van der Waals surface area contributed by atoms with Crippen LogP contribution in [0.3, 0.4) is 0 Å². The van der Waals surface area contributed by atoms with Crippen molar-refractivity contribution in [1.82, 2.24) is 15.1 Å². The molecule has 102 valence electrons. The lowest BCUT2D eigenvalue weighted by molar-refractivity contribution is -0.119. The molecule has 0 spiro atoms. The van der Waals surface area contributed by atoms with E-state index in [1.165, 1.54) is 4.68 Å². The van der Waals surface area contributed by atoms with Gasteiger partial charge in [-0.3, -0.25) is 14.9 Å². The zero-order valence-corrected chi connectivity index (χ0v) is 10.5. The molecule has 3 rings (SSSR count). The molecule has 0 saturated carbocycles. The molecule has 2 amide bonds. The monoisotopic (exact) mass is 272 g/mol. The second-order valence-corrected chi connectivity index (χ2v) is 4.55. The fourth-order valence-corrected chi connectivity index (χ4v) is 2.21. The van der Waals surface area contributed by atoms with Gasteiger partial charge in [-0.2, -0.15) is 5.10 Å². The average molecular weight is 272 g/mol. The minimum absolute atomic E-state index is 0.0268. The molecular weight excluding hydrogens is 260 g/mol. The van der Waals surface area contributed by atoms with Gasteiger partial charge < -0.3 is 10.8 Å². The highest BCUT2D eigenvalue weighted by Gasteiger charge is 2.29. The van der Waals surface area contributed by atoms with E-state index in [4.69, 9.17) is 5.73 Å². The van der Waals surface area contributed by atoms with Gasteiger partial charge in [-0.15, -0.1) is 0 Å². The fraction of sp³-hybridized carbons (Fsp3) is 0.154. The third-order valence-electron chi connectivity index (χ3n) is 3.18. The molecule has 20 heavy (non-hydrogen) atoms. The molecule has 1 aliphatic rings. The Morgan fingerprint density at radius 2 is 2.10 bits per heavy atom. The molecule has 7 nitrogen and oxygen atoms in total.